The highest BCUT2D eigenvalue weighted by atomic mass is 19.1. The first-order valence-electron chi connectivity index (χ1n) is 7.44. The molecule has 1 fully saturated rings. The van der Waals surface area contributed by atoms with Crippen molar-refractivity contribution in [2.45, 2.75) is 32.5 Å². The van der Waals surface area contributed by atoms with Crippen molar-refractivity contribution in [2.24, 2.45) is 0 Å². The SMILES string of the molecule is CNCc1ccc(F)c(CN2CCCN(C)CC2C)c1. The van der Waals surface area contributed by atoms with E-state index in [4.69, 9.17) is 0 Å². The highest BCUT2D eigenvalue weighted by molar-refractivity contribution is 5.25. The van der Waals surface area contributed by atoms with Gasteiger partial charge in [0, 0.05) is 37.8 Å². The van der Waals surface area contributed by atoms with Gasteiger partial charge in [0.25, 0.3) is 0 Å². The molecule has 1 aromatic carbocycles. The molecule has 1 atom stereocenters. The van der Waals surface area contributed by atoms with Gasteiger partial charge >= 0.3 is 0 Å². The summed E-state index contributed by atoms with van der Waals surface area (Å²) in [5.74, 6) is -0.0883. The fourth-order valence-electron chi connectivity index (χ4n) is 2.94. The number of nitrogens with one attached hydrogen (secondary N) is 1. The third-order valence-electron chi connectivity index (χ3n) is 4.05. The van der Waals surface area contributed by atoms with Crippen LogP contribution in [0.4, 0.5) is 4.39 Å². The Balaban J connectivity index is 2.09. The predicted molar refractivity (Wildman–Crippen MR) is 81.1 cm³/mol. The average Bonchev–Trinajstić information content (AvgIpc) is 2.55. The number of likely N-dealkylation sites (N-methyl/N-ethyl adjacent to an activating group) is 1. The molecule has 4 heteroatoms. The molecular formula is C16H26FN3. The topological polar surface area (TPSA) is 18.5 Å². The van der Waals surface area contributed by atoms with E-state index in [1.165, 1.54) is 0 Å². The second-order valence-electron chi connectivity index (χ2n) is 5.89. The standard InChI is InChI=1S/C16H26FN3/c1-13-11-19(3)7-4-8-20(13)12-15-9-14(10-18-2)5-6-16(15)17/h5-6,9,13,18H,4,7-8,10-12H2,1-3H3. The summed E-state index contributed by atoms with van der Waals surface area (Å²) in [4.78, 5) is 4.75. The van der Waals surface area contributed by atoms with Crippen molar-refractivity contribution in [3.8, 4) is 0 Å². The normalized spacial score (nSPS) is 21.9. The van der Waals surface area contributed by atoms with Gasteiger partial charge in [-0.25, -0.2) is 4.39 Å². The first kappa shape index (κ1) is 15.4. The molecule has 2 rings (SSSR count). The van der Waals surface area contributed by atoms with E-state index in [9.17, 15) is 4.39 Å². The van der Waals surface area contributed by atoms with Crippen LogP contribution in [0.3, 0.4) is 0 Å². The van der Waals surface area contributed by atoms with E-state index in [1.54, 1.807) is 6.07 Å². The fourth-order valence-corrected chi connectivity index (χ4v) is 2.94. The van der Waals surface area contributed by atoms with Crippen molar-refractivity contribution in [1.29, 1.82) is 0 Å². The van der Waals surface area contributed by atoms with Gasteiger partial charge in [0.2, 0.25) is 0 Å². The van der Waals surface area contributed by atoms with Crippen molar-refractivity contribution >= 4 is 0 Å². The number of halogens is 1. The van der Waals surface area contributed by atoms with Crippen LogP contribution in [-0.4, -0.2) is 49.6 Å². The van der Waals surface area contributed by atoms with Crippen LogP contribution < -0.4 is 5.32 Å². The third kappa shape index (κ3) is 4.01. The van der Waals surface area contributed by atoms with E-state index in [1.807, 2.05) is 19.2 Å². The van der Waals surface area contributed by atoms with Crippen molar-refractivity contribution in [2.75, 3.05) is 33.7 Å². The summed E-state index contributed by atoms with van der Waals surface area (Å²) < 4.78 is 14.0. The molecule has 20 heavy (non-hydrogen) atoms. The highest BCUT2D eigenvalue weighted by Crippen LogP contribution is 2.17. The summed E-state index contributed by atoms with van der Waals surface area (Å²) in [5, 5.41) is 3.12. The van der Waals surface area contributed by atoms with Crippen molar-refractivity contribution in [3.05, 3.63) is 35.1 Å². The lowest BCUT2D eigenvalue weighted by atomic mass is 10.1. The van der Waals surface area contributed by atoms with Crippen LogP contribution in [0.25, 0.3) is 0 Å². The molecule has 1 aliphatic rings. The number of nitrogens with zero attached hydrogens (tertiary/aromatic N) is 2. The fraction of sp³-hybridized carbons (Fsp3) is 0.625. The molecule has 0 saturated carbocycles. The third-order valence-corrected chi connectivity index (χ3v) is 4.05. The molecule has 1 aliphatic heterocycles. The summed E-state index contributed by atoms with van der Waals surface area (Å²) in [6, 6.07) is 5.91. The zero-order chi connectivity index (χ0) is 14.5. The van der Waals surface area contributed by atoms with Crippen LogP contribution >= 0.6 is 0 Å². The van der Waals surface area contributed by atoms with Gasteiger partial charge in [0.1, 0.15) is 5.82 Å². The molecule has 1 aromatic rings. The molecule has 3 nitrogen and oxygen atoms in total. The Morgan fingerprint density at radius 1 is 1.35 bits per heavy atom. The quantitative estimate of drug-likeness (QED) is 0.910. The van der Waals surface area contributed by atoms with Gasteiger partial charge in [0.05, 0.1) is 0 Å². The van der Waals surface area contributed by atoms with Crippen LogP contribution in [0.2, 0.25) is 0 Å². The van der Waals surface area contributed by atoms with E-state index in [0.29, 0.717) is 12.6 Å². The van der Waals surface area contributed by atoms with E-state index >= 15 is 0 Å². The van der Waals surface area contributed by atoms with Crippen LogP contribution in [-0.2, 0) is 13.1 Å². The Morgan fingerprint density at radius 3 is 2.90 bits per heavy atom. The smallest absolute Gasteiger partial charge is 0.127 e. The Labute approximate surface area is 121 Å². The van der Waals surface area contributed by atoms with Crippen LogP contribution in [0.1, 0.15) is 24.5 Å². The summed E-state index contributed by atoms with van der Waals surface area (Å²) in [5.41, 5.74) is 1.96. The molecule has 1 heterocycles. The van der Waals surface area contributed by atoms with Crippen molar-refractivity contribution in [1.82, 2.24) is 15.1 Å². The van der Waals surface area contributed by atoms with Crippen molar-refractivity contribution < 1.29 is 4.39 Å². The van der Waals surface area contributed by atoms with Gasteiger partial charge in [-0.05, 0) is 45.6 Å². The molecule has 112 valence electrons. The maximum absolute atomic E-state index is 14.0. The van der Waals surface area contributed by atoms with Gasteiger partial charge in [-0.15, -0.1) is 0 Å². The van der Waals surface area contributed by atoms with Gasteiger partial charge in [0.15, 0.2) is 0 Å². The lowest BCUT2D eigenvalue weighted by Gasteiger charge is -2.28. The van der Waals surface area contributed by atoms with Gasteiger partial charge < -0.3 is 10.2 Å². The van der Waals surface area contributed by atoms with Crippen LogP contribution in [0.15, 0.2) is 18.2 Å². The number of hydrogen-bond donors (Lipinski definition) is 1. The van der Waals surface area contributed by atoms with E-state index in [0.717, 1.165) is 43.7 Å². The Bertz CT molecular complexity index is 436. The molecule has 0 amide bonds. The molecule has 0 bridgehead atoms. The van der Waals surface area contributed by atoms with E-state index in [2.05, 4.69) is 29.1 Å². The average molecular weight is 279 g/mol. The van der Waals surface area contributed by atoms with Gasteiger partial charge in [-0.1, -0.05) is 12.1 Å². The lowest BCUT2D eigenvalue weighted by Crippen LogP contribution is -2.37. The number of hydrogen-bond acceptors (Lipinski definition) is 3. The summed E-state index contributed by atoms with van der Waals surface area (Å²) >= 11 is 0. The van der Waals surface area contributed by atoms with Gasteiger partial charge in [-0.3, -0.25) is 4.90 Å². The second kappa shape index (κ2) is 7.16. The molecule has 0 aromatic heterocycles. The van der Waals surface area contributed by atoms with Crippen molar-refractivity contribution in [3.63, 3.8) is 0 Å². The second-order valence-corrected chi connectivity index (χ2v) is 5.89. The molecular weight excluding hydrogens is 253 g/mol. The zero-order valence-electron chi connectivity index (χ0n) is 12.8. The first-order valence-corrected chi connectivity index (χ1v) is 7.44. The number of rotatable bonds is 4. The van der Waals surface area contributed by atoms with Gasteiger partial charge in [-0.2, -0.15) is 0 Å². The Hall–Kier alpha value is -0.970. The maximum Gasteiger partial charge on any atom is 0.127 e. The largest absolute Gasteiger partial charge is 0.316 e. The number of benzene rings is 1. The van der Waals surface area contributed by atoms with Crippen LogP contribution in [0.5, 0.6) is 0 Å². The minimum absolute atomic E-state index is 0.0883. The predicted octanol–water partition coefficient (Wildman–Crippen LogP) is 2.07. The molecule has 1 unspecified atom stereocenters. The monoisotopic (exact) mass is 279 g/mol. The minimum atomic E-state index is -0.0883. The minimum Gasteiger partial charge on any atom is -0.316 e. The highest BCUT2D eigenvalue weighted by Gasteiger charge is 2.20. The lowest BCUT2D eigenvalue weighted by molar-refractivity contribution is 0.192. The summed E-state index contributed by atoms with van der Waals surface area (Å²) in [6.07, 6.45) is 1.15. The molecule has 0 aliphatic carbocycles. The first-order chi connectivity index (χ1) is 9.60. The van der Waals surface area contributed by atoms with E-state index < -0.39 is 0 Å². The maximum atomic E-state index is 14.0. The van der Waals surface area contributed by atoms with E-state index in [-0.39, 0.29) is 5.82 Å². The Morgan fingerprint density at radius 2 is 2.15 bits per heavy atom. The summed E-state index contributed by atoms with van der Waals surface area (Å²) in [6.45, 7) is 6.95. The molecule has 0 spiro atoms. The summed E-state index contributed by atoms with van der Waals surface area (Å²) in [7, 11) is 4.07. The Kier molecular flexibility index (Phi) is 5.52. The zero-order valence-corrected chi connectivity index (χ0v) is 12.8. The van der Waals surface area contributed by atoms with Crippen LogP contribution in [0, 0.1) is 5.82 Å². The molecule has 0 radical (unpaired) electrons. The molecule has 1 N–H and O–H groups in total. The molecule has 1 saturated heterocycles.